The quantitative estimate of drug-likeness (QED) is 0.452. The van der Waals surface area contributed by atoms with Gasteiger partial charge in [-0.2, -0.15) is 0 Å². The molecule has 0 fully saturated rings. The second-order valence-corrected chi connectivity index (χ2v) is 6.96. The third kappa shape index (κ3) is 6.34. The molecule has 3 aromatic rings. The van der Waals surface area contributed by atoms with E-state index in [1.54, 1.807) is 36.5 Å². The molecule has 6 nitrogen and oxygen atoms in total. The summed E-state index contributed by atoms with van der Waals surface area (Å²) in [7, 11) is 0. The van der Waals surface area contributed by atoms with Crippen molar-refractivity contribution in [1.29, 1.82) is 0 Å². The molecular weight excluding hydrogens is 378 g/mol. The highest BCUT2D eigenvalue weighted by atomic mass is 16.3. The number of nitrogens with one attached hydrogen (secondary N) is 2. The molecule has 1 aromatic heterocycles. The molecule has 3 rings (SSSR count). The van der Waals surface area contributed by atoms with Crippen LogP contribution in [-0.4, -0.2) is 47.0 Å². The molecule has 2 atom stereocenters. The van der Waals surface area contributed by atoms with Crippen LogP contribution < -0.4 is 10.6 Å². The molecule has 0 saturated carbocycles. The molecule has 0 aliphatic rings. The fourth-order valence-electron chi connectivity index (χ4n) is 3.09. The van der Waals surface area contributed by atoms with Crippen LogP contribution in [0.4, 0.5) is 0 Å². The van der Waals surface area contributed by atoms with Crippen LogP contribution in [0.3, 0.4) is 0 Å². The number of aliphatic hydroxyl groups excluding tert-OH is 1. The Morgan fingerprint density at radius 2 is 1.57 bits per heavy atom. The van der Waals surface area contributed by atoms with E-state index < -0.39 is 12.1 Å². The van der Waals surface area contributed by atoms with Gasteiger partial charge in [0.15, 0.2) is 5.78 Å². The number of ketones is 1. The van der Waals surface area contributed by atoms with Crippen LogP contribution in [0.25, 0.3) is 0 Å². The van der Waals surface area contributed by atoms with Gasteiger partial charge in [0.2, 0.25) is 0 Å². The first-order valence-corrected chi connectivity index (χ1v) is 9.86. The summed E-state index contributed by atoms with van der Waals surface area (Å²) in [6, 6.07) is 23.4. The summed E-state index contributed by atoms with van der Waals surface area (Å²) in [4.78, 5) is 28.7. The number of nitrogens with zero attached hydrogens (tertiary/aromatic N) is 1. The van der Waals surface area contributed by atoms with Crippen molar-refractivity contribution in [3.8, 4) is 0 Å². The first kappa shape index (κ1) is 21.4. The topological polar surface area (TPSA) is 91.3 Å². The predicted molar refractivity (Wildman–Crippen MR) is 115 cm³/mol. The van der Waals surface area contributed by atoms with E-state index >= 15 is 0 Å². The average Bonchev–Trinajstić information content (AvgIpc) is 2.81. The smallest absolute Gasteiger partial charge is 0.269 e. The lowest BCUT2D eigenvalue weighted by molar-refractivity contribution is 0.0853. The summed E-state index contributed by atoms with van der Waals surface area (Å²) in [5, 5.41) is 16.6. The third-order valence-corrected chi connectivity index (χ3v) is 4.75. The maximum atomic E-state index is 12.5. The van der Waals surface area contributed by atoms with Gasteiger partial charge >= 0.3 is 0 Å². The van der Waals surface area contributed by atoms with Crippen molar-refractivity contribution >= 4 is 11.7 Å². The van der Waals surface area contributed by atoms with E-state index in [1.807, 2.05) is 48.5 Å². The maximum absolute atomic E-state index is 12.5. The van der Waals surface area contributed by atoms with Gasteiger partial charge in [0.1, 0.15) is 5.69 Å². The number of aromatic nitrogens is 1. The van der Waals surface area contributed by atoms with Gasteiger partial charge in [-0.25, -0.2) is 0 Å². The largest absolute Gasteiger partial charge is 0.390 e. The number of Topliss-reactive ketones (excluding diaryl/α,β-unsaturated/α-hetero) is 1. The van der Waals surface area contributed by atoms with E-state index in [0.717, 1.165) is 5.56 Å². The van der Waals surface area contributed by atoms with E-state index in [9.17, 15) is 14.7 Å². The molecular formula is C24H25N3O3. The lowest BCUT2D eigenvalue weighted by Gasteiger charge is -2.24. The highest BCUT2D eigenvalue weighted by Gasteiger charge is 2.21. The third-order valence-electron chi connectivity index (χ3n) is 4.75. The minimum absolute atomic E-state index is 0.0411. The molecule has 154 valence electrons. The lowest BCUT2D eigenvalue weighted by atomic mass is 10.0. The van der Waals surface area contributed by atoms with E-state index in [2.05, 4.69) is 15.6 Å². The fourth-order valence-corrected chi connectivity index (χ4v) is 3.09. The van der Waals surface area contributed by atoms with Gasteiger partial charge in [0, 0.05) is 24.3 Å². The normalized spacial score (nSPS) is 12.7. The van der Waals surface area contributed by atoms with Crippen molar-refractivity contribution in [3.63, 3.8) is 0 Å². The van der Waals surface area contributed by atoms with Gasteiger partial charge in [0.05, 0.1) is 12.6 Å². The number of aliphatic hydroxyl groups is 1. The van der Waals surface area contributed by atoms with E-state index in [0.29, 0.717) is 12.0 Å². The van der Waals surface area contributed by atoms with Crippen LogP contribution in [0.15, 0.2) is 85.1 Å². The molecule has 0 radical (unpaired) electrons. The monoisotopic (exact) mass is 403 g/mol. The van der Waals surface area contributed by atoms with Crippen molar-refractivity contribution in [3.05, 3.63) is 102 Å². The Bertz CT molecular complexity index is 934. The summed E-state index contributed by atoms with van der Waals surface area (Å²) in [6.45, 7) is 0.131. The Morgan fingerprint density at radius 1 is 0.900 bits per heavy atom. The van der Waals surface area contributed by atoms with Crippen molar-refractivity contribution in [1.82, 2.24) is 15.6 Å². The predicted octanol–water partition coefficient (Wildman–Crippen LogP) is 2.26. The van der Waals surface area contributed by atoms with Gasteiger partial charge < -0.3 is 15.7 Å². The van der Waals surface area contributed by atoms with E-state index in [4.69, 9.17) is 0 Å². The summed E-state index contributed by atoms with van der Waals surface area (Å²) in [6.07, 6.45) is 1.17. The minimum atomic E-state index is -0.888. The van der Waals surface area contributed by atoms with Crippen molar-refractivity contribution in [2.75, 3.05) is 13.1 Å². The van der Waals surface area contributed by atoms with Crippen molar-refractivity contribution in [2.45, 2.75) is 18.6 Å². The number of hydrogen-bond acceptors (Lipinski definition) is 5. The first-order valence-electron chi connectivity index (χ1n) is 9.86. The molecule has 0 aliphatic carbocycles. The number of rotatable bonds is 10. The zero-order chi connectivity index (χ0) is 21.2. The van der Waals surface area contributed by atoms with Gasteiger partial charge in [-0.05, 0) is 24.1 Å². The molecule has 3 N–H and O–H groups in total. The summed E-state index contributed by atoms with van der Waals surface area (Å²) >= 11 is 0. The average molecular weight is 403 g/mol. The Kier molecular flexibility index (Phi) is 7.83. The number of carbonyl (C=O) groups is 2. The SMILES string of the molecule is O=C(CN[C@@H](Cc1ccccc1)[C@H](O)CNC(=O)c1ccccn1)c1ccccc1. The Hall–Kier alpha value is -3.35. The molecule has 2 aromatic carbocycles. The molecule has 0 unspecified atom stereocenters. The number of pyridine rings is 1. The summed E-state index contributed by atoms with van der Waals surface area (Å²) in [5.74, 6) is -0.410. The number of amides is 1. The molecule has 0 saturated heterocycles. The Labute approximate surface area is 176 Å². The van der Waals surface area contributed by atoms with E-state index in [-0.39, 0.29) is 30.5 Å². The molecule has 30 heavy (non-hydrogen) atoms. The molecule has 0 bridgehead atoms. The molecule has 0 spiro atoms. The number of carbonyl (C=O) groups excluding carboxylic acids is 2. The van der Waals surface area contributed by atoms with Gasteiger partial charge in [-0.1, -0.05) is 66.7 Å². The molecule has 1 heterocycles. The Balaban J connectivity index is 1.62. The molecule has 1 amide bonds. The van der Waals surface area contributed by atoms with Crippen LogP contribution in [0.5, 0.6) is 0 Å². The maximum Gasteiger partial charge on any atom is 0.269 e. The van der Waals surface area contributed by atoms with Crippen LogP contribution in [0.2, 0.25) is 0 Å². The van der Waals surface area contributed by atoms with Crippen LogP contribution in [0.1, 0.15) is 26.4 Å². The van der Waals surface area contributed by atoms with Gasteiger partial charge in [0.25, 0.3) is 5.91 Å². The zero-order valence-electron chi connectivity index (χ0n) is 16.6. The van der Waals surface area contributed by atoms with E-state index in [1.165, 1.54) is 0 Å². The lowest BCUT2D eigenvalue weighted by Crippen LogP contribution is -2.48. The second kappa shape index (κ2) is 11.0. The van der Waals surface area contributed by atoms with Gasteiger partial charge in [-0.15, -0.1) is 0 Å². The summed E-state index contributed by atoms with van der Waals surface area (Å²) < 4.78 is 0. The van der Waals surface area contributed by atoms with Crippen molar-refractivity contribution in [2.24, 2.45) is 0 Å². The zero-order valence-corrected chi connectivity index (χ0v) is 16.6. The van der Waals surface area contributed by atoms with Crippen LogP contribution in [0, 0.1) is 0 Å². The Morgan fingerprint density at radius 3 is 2.23 bits per heavy atom. The fraction of sp³-hybridized carbons (Fsp3) is 0.208. The number of hydrogen-bond donors (Lipinski definition) is 3. The highest BCUT2D eigenvalue weighted by Crippen LogP contribution is 2.08. The minimum Gasteiger partial charge on any atom is -0.390 e. The summed E-state index contributed by atoms with van der Waals surface area (Å²) in [5.41, 5.74) is 1.93. The highest BCUT2D eigenvalue weighted by molar-refractivity contribution is 5.97. The molecule has 0 aliphatic heterocycles. The van der Waals surface area contributed by atoms with Crippen LogP contribution in [-0.2, 0) is 6.42 Å². The number of benzene rings is 2. The first-order chi connectivity index (χ1) is 14.6. The standard InChI is InChI=1S/C24H25N3O3/c28-22(19-11-5-2-6-12-19)16-26-21(15-18-9-3-1-4-10-18)23(29)17-27-24(30)20-13-7-8-14-25-20/h1-14,21,23,26,29H,15-17H2,(H,27,30)/t21-,23+/m0/s1. The van der Waals surface area contributed by atoms with Gasteiger partial charge in [-0.3, -0.25) is 14.6 Å². The van der Waals surface area contributed by atoms with Crippen molar-refractivity contribution < 1.29 is 14.7 Å². The molecule has 6 heteroatoms. The van der Waals surface area contributed by atoms with Crippen LogP contribution >= 0.6 is 0 Å². The second-order valence-electron chi connectivity index (χ2n) is 6.96.